The summed E-state index contributed by atoms with van der Waals surface area (Å²) in [6, 6.07) is 12.0. The summed E-state index contributed by atoms with van der Waals surface area (Å²) in [7, 11) is -0.127. The van der Waals surface area contributed by atoms with Gasteiger partial charge in [0.25, 0.3) is 5.91 Å². The maximum atomic E-state index is 12.7. The van der Waals surface area contributed by atoms with Crippen LogP contribution in [0.4, 0.5) is 5.69 Å². The van der Waals surface area contributed by atoms with Gasteiger partial charge in [-0.1, -0.05) is 22.0 Å². The molecule has 0 unspecified atom stereocenters. The lowest BCUT2D eigenvalue weighted by Crippen LogP contribution is -2.26. The standard InChI is InChI=1S/C18H21BrN2O4S/c1-4-26(23,24)20-16-7-5-6-13(11-16)18(22)21(2)12-14-10-15(19)8-9-17(14)25-3/h5-11,20H,4,12H2,1-3H3. The maximum absolute atomic E-state index is 12.7. The van der Waals surface area contributed by atoms with Gasteiger partial charge in [0.2, 0.25) is 10.0 Å². The fraction of sp³-hybridized carbons (Fsp3) is 0.278. The summed E-state index contributed by atoms with van der Waals surface area (Å²) >= 11 is 3.42. The molecule has 0 aliphatic rings. The average molecular weight is 441 g/mol. The van der Waals surface area contributed by atoms with E-state index in [0.29, 0.717) is 23.5 Å². The lowest BCUT2D eigenvalue weighted by atomic mass is 10.1. The third kappa shape index (κ3) is 5.22. The van der Waals surface area contributed by atoms with Crippen LogP contribution in [0.15, 0.2) is 46.9 Å². The molecule has 0 atom stereocenters. The molecule has 140 valence electrons. The van der Waals surface area contributed by atoms with Gasteiger partial charge in [-0.05, 0) is 43.3 Å². The van der Waals surface area contributed by atoms with E-state index in [1.165, 1.54) is 6.07 Å². The highest BCUT2D eigenvalue weighted by Crippen LogP contribution is 2.24. The number of amides is 1. The minimum absolute atomic E-state index is 0.0340. The van der Waals surface area contributed by atoms with Gasteiger partial charge < -0.3 is 9.64 Å². The largest absolute Gasteiger partial charge is 0.496 e. The van der Waals surface area contributed by atoms with E-state index >= 15 is 0 Å². The van der Waals surface area contributed by atoms with Gasteiger partial charge in [-0.2, -0.15) is 0 Å². The molecule has 0 heterocycles. The number of nitrogens with one attached hydrogen (secondary N) is 1. The van der Waals surface area contributed by atoms with Crippen molar-refractivity contribution in [3.05, 3.63) is 58.1 Å². The number of sulfonamides is 1. The van der Waals surface area contributed by atoms with Crippen LogP contribution in [0.5, 0.6) is 5.75 Å². The quantitative estimate of drug-likeness (QED) is 0.714. The predicted molar refractivity (Wildman–Crippen MR) is 106 cm³/mol. The lowest BCUT2D eigenvalue weighted by Gasteiger charge is -2.19. The van der Waals surface area contributed by atoms with Crippen LogP contribution in [-0.2, 0) is 16.6 Å². The second kappa shape index (κ2) is 8.55. The molecule has 1 amide bonds. The Morgan fingerprint density at radius 3 is 2.62 bits per heavy atom. The molecule has 0 saturated carbocycles. The summed E-state index contributed by atoms with van der Waals surface area (Å²) in [6.07, 6.45) is 0. The number of carbonyl (C=O) groups excluding carboxylic acids is 1. The first kappa shape index (κ1) is 20.3. The number of benzene rings is 2. The highest BCUT2D eigenvalue weighted by molar-refractivity contribution is 9.10. The van der Waals surface area contributed by atoms with E-state index < -0.39 is 10.0 Å². The molecule has 0 aliphatic carbocycles. The van der Waals surface area contributed by atoms with E-state index in [-0.39, 0.29) is 11.7 Å². The third-order valence-electron chi connectivity index (χ3n) is 3.76. The fourth-order valence-electron chi connectivity index (χ4n) is 2.39. The Morgan fingerprint density at radius 1 is 1.23 bits per heavy atom. The normalized spacial score (nSPS) is 11.1. The summed E-state index contributed by atoms with van der Waals surface area (Å²) in [6.45, 7) is 1.91. The number of ether oxygens (including phenoxy) is 1. The molecule has 2 aromatic rings. The number of anilines is 1. The Morgan fingerprint density at radius 2 is 1.96 bits per heavy atom. The van der Waals surface area contributed by atoms with Crippen LogP contribution in [-0.4, -0.2) is 39.1 Å². The van der Waals surface area contributed by atoms with Gasteiger partial charge in [-0.15, -0.1) is 0 Å². The van der Waals surface area contributed by atoms with Crippen LogP contribution in [0.3, 0.4) is 0 Å². The predicted octanol–water partition coefficient (Wildman–Crippen LogP) is 3.49. The minimum Gasteiger partial charge on any atom is -0.496 e. The number of rotatable bonds is 7. The number of carbonyl (C=O) groups is 1. The van der Waals surface area contributed by atoms with E-state index in [9.17, 15) is 13.2 Å². The van der Waals surface area contributed by atoms with Crippen molar-refractivity contribution in [2.75, 3.05) is 24.6 Å². The first-order valence-electron chi connectivity index (χ1n) is 7.94. The molecule has 0 bridgehead atoms. The summed E-state index contributed by atoms with van der Waals surface area (Å²) < 4.78 is 32.1. The van der Waals surface area contributed by atoms with Crippen LogP contribution in [0.1, 0.15) is 22.8 Å². The van der Waals surface area contributed by atoms with Crippen molar-refractivity contribution in [2.45, 2.75) is 13.5 Å². The topological polar surface area (TPSA) is 75.7 Å². The number of hydrogen-bond acceptors (Lipinski definition) is 4. The van der Waals surface area contributed by atoms with E-state index in [1.54, 1.807) is 44.2 Å². The van der Waals surface area contributed by atoms with Gasteiger partial charge in [0.05, 0.1) is 12.9 Å². The van der Waals surface area contributed by atoms with Crippen molar-refractivity contribution < 1.29 is 17.9 Å². The molecule has 0 saturated heterocycles. The van der Waals surface area contributed by atoms with Crippen molar-refractivity contribution in [3.63, 3.8) is 0 Å². The molecule has 2 aromatic carbocycles. The smallest absolute Gasteiger partial charge is 0.253 e. The molecule has 8 heteroatoms. The molecule has 0 aromatic heterocycles. The Balaban J connectivity index is 2.20. The number of hydrogen-bond donors (Lipinski definition) is 1. The Labute approximate surface area is 162 Å². The van der Waals surface area contributed by atoms with Gasteiger partial charge in [0.1, 0.15) is 5.75 Å². The number of methoxy groups -OCH3 is 1. The number of nitrogens with zero attached hydrogens (tertiary/aromatic N) is 1. The van der Waals surface area contributed by atoms with Crippen molar-refractivity contribution in [3.8, 4) is 5.75 Å². The van der Waals surface area contributed by atoms with Crippen LogP contribution >= 0.6 is 15.9 Å². The van der Waals surface area contributed by atoms with Crippen molar-refractivity contribution in [1.82, 2.24) is 4.90 Å². The highest BCUT2D eigenvalue weighted by Gasteiger charge is 2.16. The molecule has 0 radical (unpaired) electrons. The fourth-order valence-corrected chi connectivity index (χ4v) is 3.42. The van der Waals surface area contributed by atoms with Gasteiger partial charge in [0, 0.05) is 34.9 Å². The minimum atomic E-state index is -3.39. The third-order valence-corrected chi connectivity index (χ3v) is 5.56. The van der Waals surface area contributed by atoms with Crippen LogP contribution in [0, 0.1) is 0 Å². The molecule has 1 N–H and O–H groups in total. The molecule has 0 spiro atoms. The summed E-state index contributed by atoms with van der Waals surface area (Å²) in [4.78, 5) is 14.3. The molecule has 0 fully saturated rings. The van der Waals surface area contributed by atoms with Crippen molar-refractivity contribution >= 4 is 37.5 Å². The molecule has 6 nitrogen and oxygen atoms in total. The molecular weight excluding hydrogens is 420 g/mol. The Kier molecular flexibility index (Phi) is 6.66. The van der Waals surface area contributed by atoms with Crippen LogP contribution in [0.25, 0.3) is 0 Å². The molecule has 26 heavy (non-hydrogen) atoms. The van der Waals surface area contributed by atoms with Crippen LogP contribution < -0.4 is 9.46 Å². The Hall–Kier alpha value is -2.06. The first-order chi connectivity index (χ1) is 12.3. The van der Waals surface area contributed by atoms with Gasteiger partial charge in [0.15, 0.2) is 0 Å². The zero-order valence-electron chi connectivity index (χ0n) is 14.8. The zero-order valence-corrected chi connectivity index (χ0v) is 17.2. The van der Waals surface area contributed by atoms with E-state index in [2.05, 4.69) is 20.7 Å². The van der Waals surface area contributed by atoms with Gasteiger partial charge in [-0.25, -0.2) is 8.42 Å². The molecule has 2 rings (SSSR count). The Bertz CT molecular complexity index is 900. The SMILES string of the molecule is CCS(=O)(=O)Nc1cccc(C(=O)N(C)Cc2cc(Br)ccc2OC)c1. The van der Waals surface area contributed by atoms with Gasteiger partial charge >= 0.3 is 0 Å². The second-order valence-corrected chi connectivity index (χ2v) is 8.63. The molecular formula is C18H21BrN2O4S. The van der Waals surface area contributed by atoms with Crippen molar-refractivity contribution in [2.24, 2.45) is 0 Å². The summed E-state index contributed by atoms with van der Waals surface area (Å²) in [5, 5.41) is 0. The number of halogens is 1. The zero-order chi connectivity index (χ0) is 19.3. The highest BCUT2D eigenvalue weighted by atomic mass is 79.9. The summed E-state index contributed by atoms with van der Waals surface area (Å²) in [5.41, 5.74) is 1.63. The van der Waals surface area contributed by atoms with E-state index in [1.807, 2.05) is 18.2 Å². The lowest BCUT2D eigenvalue weighted by molar-refractivity contribution is 0.0784. The van der Waals surface area contributed by atoms with Gasteiger partial charge in [-0.3, -0.25) is 9.52 Å². The molecule has 0 aliphatic heterocycles. The van der Waals surface area contributed by atoms with Crippen LogP contribution in [0.2, 0.25) is 0 Å². The monoisotopic (exact) mass is 440 g/mol. The summed E-state index contributed by atoms with van der Waals surface area (Å²) in [5.74, 6) is 0.440. The van der Waals surface area contributed by atoms with E-state index in [0.717, 1.165) is 10.0 Å². The van der Waals surface area contributed by atoms with Crippen molar-refractivity contribution in [1.29, 1.82) is 0 Å². The maximum Gasteiger partial charge on any atom is 0.253 e. The average Bonchev–Trinajstić information content (AvgIpc) is 2.61. The first-order valence-corrected chi connectivity index (χ1v) is 10.4. The second-order valence-electron chi connectivity index (χ2n) is 5.70. The van der Waals surface area contributed by atoms with E-state index in [4.69, 9.17) is 4.74 Å².